The average Bonchev–Trinajstić information content (AvgIpc) is 2.46. The largest absolute Gasteiger partial charge is 0.490 e. The van der Waals surface area contributed by atoms with Gasteiger partial charge in [0.05, 0.1) is 22.3 Å². The topological polar surface area (TPSA) is 48.4 Å². The van der Waals surface area contributed by atoms with Gasteiger partial charge in [0, 0.05) is 18.0 Å². The number of hydrogen-bond acceptors (Lipinski definition) is 4. The first-order chi connectivity index (χ1) is 9.63. The number of nitrogens with zero attached hydrogens (tertiary/aromatic N) is 1. The summed E-state index contributed by atoms with van der Waals surface area (Å²) in [5.41, 5.74) is 0.738. The Bertz CT molecular complexity index is 633. The van der Waals surface area contributed by atoms with Crippen LogP contribution in [0.5, 0.6) is 5.75 Å². The summed E-state index contributed by atoms with van der Waals surface area (Å²) in [7, 11) is 1.38. The summed E-state index contributed by atoms with van der Waals surface area (Å²) < 4.78 is 11.2. The van der Waals surface area contributed by atoms with Crippen molar-refractivity contribution in [2.75, 3.05) is 13.7 Å². The van der Waals surface area contributed by atoms with Crippen LogP contribution in [-0.4, -0.2) is 24.7 Å². The van der Waals surface area contributed by atoms with Crippen molar-refractivity contribution in [2.45, 2.75) is 12.8 Å². The number of halogens is 2. The van der Waals surface area contributed by atoms with Gasteiger partial charge in [-0.15, -0.1) is 0 Å². The van der Waals surface area contributed by atoms with Gasteiger partial charge in [-0.2, -0.15) is 0 Å². The normalized spacial score (nSPS) is 10.6. The van der Waals surface area contributed by atoms with E-state index in [0.29, 0.717) is 30.2 Å². The number of fused-ring (bicyclic) bond motifs is 1. The van der Waals surface area contributed by atoms with Crippen LogP contribution in [0.15, 0.2) is 24.4 Å². The van der Waals surface area contributed by atoms with Crippen molar-refractivity contribution >= 4 is 51.1 Å². The van der Waals surface area contributed by atoms with Gasteiger partial charge < -0.3 is 9.47 Å². The molecule has 0 bridgehead atoms. The second kappa shape index (κ2) is 7.08. The summed E-state index contributed by atoms with van der Waals surface area (Å²) >= 11 is 8.36. The van der Waals surface area contributed by atoms with E-state index in [4.69, 9.17) is 16.3 Å². The van der Waals surface area contributed by atoms with E-state index in [1.54, 1.807) is 6.20 Å². The zero-order chi connectivity index (χ0) is 14.5. The lowest BCUT2D eigenvalue weighted by atomic mass is 10.2. The smallest absolute Gasteiger partial charge is 0.305 e. The Kier molecular flexibility index (Phi) is 5.42. The molecule has 0 radical (unpaired) electrons. The highest BCUT2D eigenvalue weighted by atomic mass is 127. The van der Waals surface area contributed by atoms with Crippen LogP contribution in [0.2, 0.25) is 5.02 Å². The summed E-state index contributed by atoms with van der Waals surface area (Å²) in [6.45, 7) is 0.429. The molecule has 6 heteroatoms. The quantitative estimate of drug-likeness (QED) is 0.431. The van der Waals surface area contributed by atoms with Crippen LogP contribution in [0.1, 0.15) is 12.8 Å². The number of methoxy groups -OCH3 is 1. The molecule has 0 aliphatic rings. The molecule has 1 aromatic heterocycles. The van der Waals surface area contributed by atoms with E-state index in [0.717, 1.165) is 14.5 Å². The summed E-state index contributed by atoms with van der Waals surface area (Å²) in [5.74, 6) is 0.470. The van der Waals surface area contributed by atoms with E-state index in [9.17, 15) is 4.79 Å². The maximum atomic E-state index is 11.0. The minimum atomic E-state index is -0.234. The van der Waals surface area contributed by atoms with Crippen molar-refractivity contribution in [1.82, 2.24) is 4.98 Å². The lowest BCUT2D eigenvalue weighted by Crippen LogP contribution is -2.05. The molecule has 0 saturated heterocycles. The van der Waals surface area contributed by atoms with E-state index in [2.05, 4.69) is 32.3 Å². The number of carbonyl (C=O) groups excluding carboxylic acids is 1. The summed E-state index contributed by atoms with van der Waals surface area (Å²) in [6.07, 6.45) is 2.64. The molecule has 0 aliphatic heterocycles. The fourth-order valence-electron chi connectivity index (χ4n) is 1.78. The van der Waals surface area contributed by atoms with Crippen LogP contribution in [0, 0.1) is 3.57 Å². The molecular formula is C14H13ClINO3. The second-order valence-electron chi connectivity index (χ2n) is 4.10. The highest BCUT2D eigenvalue weighted by molar-refractivity contribution is 14.1. The highest BCUT2D eigenvalue weighted by Crippen LogP contribution is 2.34. The first-order valence-corrected chi connectivity index (χ1v) is 7.51. The van der Waals surface area contributed by atoms with Gasteiger partial charge in [0.15, 0.2) is 5.75 Å². The molecule has 0 spiro atoms. The molecule has 2 rings (SSSR count). The van der Waals surface area contributed by atoms with Crippen LogP contribution < -0.4 is 4.74 Å². The molecule has 0 unspecified atom stereocenters. The standard InChI is InChI=1S/C14H13ClINO3/c1-19-12(18)5-3-7-20-14-11(16)8-10(15)9-4-2-6-17-13(9)14/h2,4,6,8H,3,5,7H2,1H3. The molecule has 2 aromatic rings. The summed E-state index contributed by atoms with van der Waals surface area (Å²) in [4.78, 5) is 15.4. The predicted molar refractivity (Wildman–Crippen MR) is 86.2 cm³/mol. The van der Waals surface area contributed by atoms with Crippen molar-refractivity contribution in [3.63, 3.8) is 0 Å². The van der Waals surface area contributed by atoms with E-state index in [1.165, 1.54) is 7.11 Å². The Morgan fingerprint density at radius 3 is 3.05 bits per heavy atom. The Labute approximate surface area is 135 Å². The zero-order valence-electron chi connectivity index (χ0n) is 10.9. The Morgan fingerprint density at radius 2 is 2.30 bits per heavy atom. The fourth-order valence-corrected chi connectivity index (χ4v) is 2.94. The molecule has 0 N–H and O–H groups in total. The van der Waals surface area contributed by atoms with Gasteiger partial charge in [-0.05, 0) is 47.2 Å². The molecule has 20 heavy (non-hydrogen) atoms. The van der Waals surface area contributed by atoms with Gasteiger partial charge in [-0.25, -0.2) is 0 Å². The van der Waals surface area contributed by atoms with Gasteiger partial charge >= 0.3 is 5.97 Å². The van der Waals surface area contributed by atoms with Crippen LogP contribution in [0.25, 0.3) is 10.9 Å². The van der Waals surface area contributed by atoms with Crippen LogP contribution in [0.3, 0.4) is 0 Å². The van der Waals surface area contributed by atoms with Crippen molar-refractivity contribution in [2.24, 2.45) is 0 Å². The maximum absolute atomic E-state index is 11.0. The monoisotopic (exact) mass is 405 g/mol. The number of pyridine rings is 1. The molecular weight excluding hydrogens is 393 g/mol. The molecule has 0 fully saturated rings. The third-order valence-corrected chi connectivity index (χ3v) is 3.86. The minimum absolute atomic E-state index is 0.234. The van der Waals surface area contributed by atoms with E-state index in [1.807, 2.05) is 18.2 Å². The lowest BCUT2D eigenvalue weighted by molar-refractivity contribution is -0.140. The third kappa shape index (κ3) is 3.52. The Hall–Kier alpha value is -1.08. The van der Waals surface area contributed by atoms with Gasteiger partial charge in [-0.3, -0.25) is 9.78 Å². The predicted octanol–water partition coefficient (Wildman–Crippen LogP) is 3.82. The number of benzene rings is 1. The first kappa shape index (κ1) is 15.3. The van der Waals surface area contributed by atoms with Gasteiger partial charge in [0.1, 0.15) is 5.52 Å². The molecule has 106 valence electrons. The first-order valence-electron chi connectivity index (χ1n) is 6.06. The van der Waals surface area contributed by atoms with Crippen LogP contribution in [0.4, 0.5) is 0 Å². The number of hydrogen-bond donors (Lipinski definition) is 0. The number of esters is 1. The molecule has 0 amide bonds. The van der Waals surface area contributed by atoms with E-state index >= 15 is 0 Å². The highest BCUT2D eigenvalue weighted by Gasteiger charge is 2.12. The zero-order valence-corrected chi connectivity index (χ0v) is 13.8. The Morgan fingerprint density at radius 1 is 1.50 bits per heavy atom. The van der Waals surface area contributed by atoms with Gasteiger partial charge in [-0.1, -0.05) is 11.6 Å². The number of carbonyl (C=O) groups is 1. The lowest BCUT2D eigenvalue weighted by Gasteiger charge is -2.11. The van der Waals surface area contributed by atoms with Crippen molar-refractivity contribution < 1.29 is 14.3 Å². The van der Waals surface area contributed by atoms with Crippen LogP contribution in [-0.2, 0) is 9.53 Å². The molecule has 1 aromatic carbocycles. The summed E-state index contributed by atoms with van der Waals surface area (Å²) in [6, 6.07) is 5.59. The molecule has 0 aliphatic carbocycles. The summed E-state index contributed by atoms with van der Waals surface area (Å²) in [5, 5.41) is 1.51. The van der Waals surface area contributed by atoms with Crippen molar-refractivity contribution in [1.29, 1.82) is 0 Å². The van der Waals surface area contributed by atoms with E-state index < -0.39 is 0 Å². The van der Waals surface area contributed by atoms with E-state index in [-0.39, 0.29) is 5.97 Å². The van der Waals surface area contributed by atoms with Gasteiger partial charge in [0.2, 0.25) is 0 Å². The Balaban J connectivity index is 2.15. The number of ether oxygens (including phenoxy) is 2. The number of aromatic nitrogens is 1. The van der Waals surface area contributed by atoms with Crippen molar-refractivity contribution in [3.05, 3.63) is 33.0 Å². The second-order valence-corrected chi connectivity index (χ2v) is 5.67. The average molecular weight is 406 g/mol. The molecule has 4 nitrogen and oxygen atoms in total. The fraction of sp³-hybridized carbons (Fsp3) is 0.286. The maximum Gasteiger partial charge on any atom is 0.305 e. The third-order valence-electron chi connectivity index (χ3n) is 2.75. The molecule has 0 saturated carbocycles. The number of rotatable bonds is 5. The van der Waals surface area contributed by atoms with Gasteiger partial charge in [0.25, 0.3) is 0 Å². The van der Waals surface area contributed by atoms with Crippen LogP contribution >= 0.6 is 34.2 Å². The van der Waals surface area contributed by atoms with Crippen molar-refractivity contribution in [3.8, 4) is 5.75 Å². The molecule has 0 atom stereocenters. The SMILES string of the molecule is COC(=O)CCCOc1c(I)cc(Cl)c2cccnc12. The molecule has 1 heterocycles. The minimum Gasteiger partial charge on any atom is -0.490 e.